The minimum absolute atomic E-state index is 0.328. The van der Waals surface area contributed by atoms with E-state index >= 15 is 0 Å². The second-order valence-corrected chi connectivity index (χ2v) is 6.00. The number of ether oxygens (including phenoxy) is 2. The third kappa shape index (κ3) is 4.85. The Balaban J connectivity index is 2.49. The summed E-state index contributed by atoms with van der Waals surface area (Å²) < 4.78 is 10.8. The maximum atomic E-state index is 5.68. The summed E-state index contributed by atoms with van der Waals surface area (Å²) in [4.78, 5) is 0. The average Bonchev–Trinajstić information content (AvgIpc) is 3.16. The van der Waals surface area contributed by atoms with Gasteiger partial charge in [0.25, 0.3) is 0 Å². The fourth-order valence-electron chi connectivity index (χ4n) is 1.48. The van der Waals surface area contributed by atoms with Gasteiger partial charge in [0.15, 0.2) is 0 Å². The van der Waals surface area contributed by atoms with Crippen molar-refractivity contribution in [2.75, 3.05) is 13.2 Å². The Morgan fingerprint density at radius 1 is 1.44 bits per heavy atom. The third-order valence-electron chi connectivity index (χ3n) is 4.22. The Labute approximate surface area is 112 Å². The molecular weight excluding hydrogens is 224 g/mol. The van der Waals surface area contributed by atoms with E-state index in [1.54, 1.807) is 0 Å². The first kappa shape index (κ1) is 15.3. The molecule has 0 bridgehead atoms. The minimum atomic E-state index is 0.328. The lowest BCUT2D eigenvalue weighted by Gasteiger charge is -2.28. The van der Waals surface area contributed by atoms with Gasteiger partial charge < -0.3 is 9.47 Å². The van der Waals surface area contributed by atoms with Gasteiger partial charge in [0.2, 0.25) is 0 Å². The lowest BCUT2D eigenvalue weighted by molar-refractivity contribution is 0.182. The van der Waals surface area contributed by atoms with Crippen LogP contribution in [0.1, 0.15) is 48.0 Å². The van der Waals surface area contributed by atoms with Crippen LogP contribution in [0.4, 0.5) is 0 Å². The molecule has 1 aliphatic rings. The zero-order valence-corrected chi connectivity index (χ0v) is 12.7. The molecule has 0 aliphatic carbocycles. The van der Waals surface area contributed by atoms with Crippen molar-refractivity contribution in [1.29, 1.82) is 0 Å². The highest BCUT2D eigenvalue weighted by atomic mass is 16.6. The van der Waals surface area contributed by atoms with Crippen LogP contribution in [-0.2, 0) is 9.47 Å². The summed E-state index contributed by atoms with van der Waals surface area (Å²) in [5.74, 6) is 1.57. The van der Waals surface area contributed by atoms with Crippen molar-refractivity contribution in [2.45, 2.75) is 54.1 Å². The molecule has 0 N–H and O–H groups in total. The van der Waals surface area contributed by atoms with E-state index in [-0.39, 0.29) is 0 Å². The minimum Gasteiger partial charge on any atom is -0.495 e. The number of allylic oxidation sites excluding steroid dienone is 4. The monoisotopic (exact) mass is 252 g/mol. The summed E-state index contributed by atoms with van der Waals surface area (Å²) >= 11 is 0. The van der Waals surface area contributed by atoms with Gasteiger partial charge in [-0.05, 0) is 30.8 Å². The Morgan fingerprint density at radius 3 is 2.56 bits per heavy atom. The molecule has 0 amide bonds. The topological polar surface area (TPSA) is 21.8 Å². The van der Waals surface area contributed by atoms with Crippen LogP contribution >= 0.6 is 0 Å². The first-order valence-corrected chi connectivity index (χ1v) is 6.97. The molecule has 0 radical (unpaired) electrons. The summed E-state index contributed by atoms with van der Waals surface area (Å²) in [6, 6.07) is 0. The van der Waals surface area contributed by atoms with E-state index in [2.05, 4.69) is 46.8 Å². The Hall–Kier alpha value is -0.760. The molecule has 0 aromatic carbocycles. The lowest BCUT2D eigenvalue weighted by atomic mass is 9.77. The Morgan fingerprint density at radius 2 is 2.06 bits per heavy atom. The number of hydrogen-bond donors (Lipinski definition) is 0. The summed E-state index contributed by atoms with van der Waals surface area (Å²) in [6.45, 7) is 14.8. The average molecular weight is 252 g/mol. The van der Waals surface area contributed by atoms with Gasteiger partial charge in [-0.15, -0.1) is 0 Å². The van der Waals surface area contributed by atoms with E-state index in [1.807, 2.05) is 6.92 Å². The highest BCUT2D eigenvalue weighted by molar-refractivity contribution is 5.20. The molecule has 1 saturated heterocycles. The fourth-order valence-corrected chi connectivity index (χ4v) is 1.48. The molecule has 18 heavy (non-hydrogen) atoms. The molecule has 1 fully saturated rings. The molecule has 104 valence electrons. The second kappa shape index (κ2) is 6.42. The van der Waals surface area contributed by atoms with Crippen LogP contribution in [0.3, 0.4) is 0 Å². The van der Waals surface area contributed by atoms with Crippen LogP contribution in [-0.4, -0.2) is 19.3 Å². The van der Waals surface area contributed by atoms with Gasteiger partial charge in [0.1, 0.15) is 12.7 Å². The van der Waals surface area contributed by atoms with Gasteiger partial charge in [-0.3, -0.25) is 0 Å². The summed E-state index contributed by atoms with van der Waals surface area (Å²) in [6.07, 6.45) is 6.00. The van der Waals surface area contributed by atoms with Crippen LogP contribution < -0.4 is 0 Å². The predicted molar refractivity (Wildman–Crippen MR) is 76.4 cm³/mol. The molecule has 2 atom stereocenters. The fraction of sp³-hybridized carbons (Fsp3) is 0.750. The Bertz CT molecular complexity index is 322. The largest absolute Gasteiger partial charge is 0.495 e. The first-order valence-electron chi connectivity index (χ1n) is 6.97. The first-order chi connectivity index (χ1) is 8.36. The second-order valence-electron chi connectivity index (χ2n) is 6.00. The molecule has 0 saturated carbocycles. The van der Waals surface area contributed by atoms with E-state index in [0.29, 0.717) is 24.0 Å². The van der Waals surface area contributed by atoms with Gasteiger partial charge in [-0.25, -0.2) is 0 Å². The van der Waals surface area contributed by atoms with Crippen LogP contribution in [0.5, 0.6) is 0 Å². The molecule has 2 heteroatoms. The van der Waals surface area contributed by atoms with Crippen molar-refractivity contribution >= 4 is 0 Å². The van der Waals surface area contributed by atoms with Gasteiger partial charge in [0.05, 0.1) is 12.4 Å². The van der Waals surface area contributed by atoms with Crippen molar-refractivity contribution in [1.82, 2.24) is 0 Å². The van der Waals surface area contributed by atoms with E-state index in [0.717, 1.165) is 12.4 Å². The third-order valence-corrected chi connectivity index (χ3v) is 4.22. The van der Waals surface area contributed by atoms with Crippen molar-refractivity contribution in [3.05, 3.63) is 23.5 Å². The molecule has 1 heterocycles. The van der Waals surface area contributed by atoms with Crippen LogP contribution in [0.25, 0.3) is 0 Å². The number of hydrogen-bond acceptors (Lipinski definition) is 2. The van der Waals surface area contributed by atoms with E-state index in [9.17, 15) is 0 Å². The quantitative estimate of drug-likeness (QED) is 0.382. The zero-order chi connectivity index (χ0) is 13.8. The lowest BCUT2D eigenvalue weighted by Crippen LogP contribution is -2.18. The molecule has 1 aliphatic heterocycles. The maximum absolute atomic E-state index is 5.68. The summed E-state index contributed by atoms with van der Waals surface area (Å²) in [5.41, 5.74) is 1.56. The molecule has 0 aromatic heterocycles. The van der Waals surface area contributed by atoms with Gasteiger partial charge in [-0.1, -0.05) is 46.3 Å². The highest BCUT2D eigenvalue weighted by Crippen LogP contribution is 2.31. The summed E-state index contributed by atoms with van der Waals surface area (Å²) in [7, 11) is 0. The van der Waals surface area contributed by atoms with Crippen molar-refractivity contribution in [3.63, 3.8) is 0 Å². The highest BCUT2D eigenvalue weighted by Gasteiger charge is 2.23. The molecule has 0 spiro atoms. The standard InChI is InChI=1S/C16H28O2/c1-7-16(5,6)13(3)9-8-12(2)14(4)17-10-15-11-18-15/h8-9,13,15H,7,10-11H2,1-6H3/b9-8-,14-12+. The van der Waals surface area contributed by atoms with Crippen LogP contribution in [0.15, 0.2) is 23.5 Å². The normalized spacial score (nSPS) is 22.9. The number of rotatable bonds is 7. The van der Waals surface area contributed by atoms with Crippen molar-refractivity contribution in [2.24, 2.45) is 11.3 Å². The van der Waals surface area contributed by atoms with Gasteiger partial charge in [-0.2, -0.15) is 0 Å². The van der Waals surface area contributed by atoms with E-state index in [4.69, 9.17) is 9.47 Å². The molecule has 1 rings (SSSR count). The smallest absolute Gasteiger partial charge is 0.116 e. The molecule has 2 unspecified atom stereocenters. The SMILES string of the molecule is CCC(C)(C)C(C)/C=C\C(C)=C(/C)OCC1CO1. The zero-order valence-electron chi connectivity index (χ0n) is 12.7. The molecule has 2 nitrogen and oxygen atoms in total. The van der Waals surface area contributed by atoms with Crippen LogP contribution in [0.2, 0.25) is 0 Å². The van der Waals surface area contributed by atoms with Crippen LogP contribution in [0, 0.1) is 11.3 Å². The van der Waals surface area contributed by atoms with E-state index in [1.165, 1.54) is 12.0 Å². The number of epoxide rings is 1. The van der Waals surface area contributed by atoms with E-state index < -0.39 is 0 Å². The maximum Gasteiger partial charge on any atom is 0.116 e. The van der Waals surface area contributed by atoms with Gasteiger partial charge in [0, 0.05) is 0 Å². The predicted octanol–water partition coefficient (Wildman–Crippen LogP) is 4.32. The van der Waals surface area contributed by atoms with Crippen molar-refractivity contribution in [3.8, 4) is 0 Å². The molecule has 0 aromatic rings. The van der Waals surface area contributed by atoms with Crippen molar-refractivity contribution < 1.29 is 9.47 Å². The van der Waals surface area contributed by atoms with Gasteiger partial charge >= 0.3 is 0 Å². The molecular formula is C16H28O2. The summed E-state index contributed by atoms with van der Waals surface area (Å²) in [5, 5.41) is 0. The Kier molecular flexibility index (Phi) is 5.46.